The van der Waals surface area contributed by atoms with E-state index in [1.165, 1.54) is 0 Å². The van der Waals surface area contributed by atoms with E-state index in [1.807, 2.05) is 66.1 Å². The van der Waals surface area contributed by atoms with E-state index in [9.17, 15) is 14.4 Å². The molecule has 1 N–H and O–H groups in total. The minimum atomic E-state index is -0.754. The number of rotatable bonds is 7. The molecule has 2 atom stereocenters. The molecule has 0 aliphatic carbocycles. The van der Waals surface area contributed by atoms with Crippen molar-refractivity contribution in [3.05, 3.63) is 95.8 Å². The van der Waals surface area contributed by atoms with Gasteiger partial charge in [0.15, 0.2) is 0 Å². The van der Waals surface area contributed by atoms with Gasteiger partial charge in [0.2, 0.25) is 11.8 Å². The molecule has 37 heavy (non-hydrogen) atoms. The normalized spacial score (nSPS) is 16.9. The quantitative estimate of drug-likeness (QED) is 0.368. The van der Waals surface area contributed by atoms with Gasteiger partial charge >= 0.3 is 5.97 Å². The number of hydrogen-bond donors (Lipinski definition) is 1. The van der Waals surface area contributed by atoms with E-state index < -0.39 is 12.0 Å². The highest BCUT2D eigenvalue weighted by Crippen LogP contribution is 2.37. The molecule has 0 fully saturated rings. The third-order valence-electron chi connectivity index (χ3n) is 6.58. The number of hydrogen-bond acceptors (Lipinski definition) is 5. The third-order valence-corrected chi connectivity index (χ3v) is 6.58. The van der Waals surface area contributed by atoms with Crippen LogP contribution in [0.2, 0.25) is 0 Å². The van der Waals surface area contributed by atoms with Gasteiger partial charge in [0, 0.05) is 12.2 Å². The molecule has 0 radical (unpaired) electrons. The molecule has 8 heteroatoms. The van der Waals surface area contributed by atoms with E-state index in [0.717, 1.165) is 22.4 Å². The molecule has 0 spiro atoms. The fraction of sp³-hybridized carbons (Fsp3) is 0.241. The summed E-state index contributed by atoms with van der Waals surface area (Å²) in [6.45, 7) is 4.39. The predicted molar refractivity (Wildman–Crippen MR) is 140 cm³/mol. The van der Waals surface area contributed by atoms with Gasteiger partial charge < -0.3 is 19.5 Å². The highest BCUT2D eigenvalue weighted by Gasteiger charge is 2.40. The van der Waals surface area contributed by atoms with Crippen molar-refractivity contribution in [3.63, 3.8) is 0 Å². The second-order valence-electron chi connectivity index (χ2n) is 9.03. The van der Waals surface area contributed by atoms with Crippen molar-refractivity contribution >= 4 is 34.5 Å². The van der Waals surface area contributed by atoms with Crippen molar-refractivity contribution in [1.29, 1.82) is 0 Å². The second-order valence-corrected chi connectivity index (χ2v) is 9.03. The molecule has 8 nitrogen and oxygen atoms in total. The Bertz CT molecular complexity index is 1460. The number of amides is 2. The summed E-state index contributed by atoms with van der Waals surface area (Å²) < 4.78 is 6.95. The summed E-state index contributed by atoms with van der Waals surface area (Å²) >= 11 is 0. The first-order chi connectivity index (χ1) is 18.0. The zero-order valence-electron chi connectivity index (χ0n) is 20.8. The molecule has 3 aromatic carbocycles. The maximum atomic E-state index is 13.9. The fourth-order valence-corrected chi connectivity index (χ4v) is 4.82. The number of benzene rings is 3. The molecule has 5 rings (SSSR count). The smallest absolute Gasteiger partial charge is 0.338 e. The molecule has 2 heterocycles. The molecule has 0 bridgehead atoms. The van der Waals surface area contributed by atoms with Crippen LogP contribution in [-0.2, 0) is 20.9 Å². The maximum Gasteiger partial charge on any atom is 0.338 e. The molecule has 0 saturated carbocycles. The van der Waals surface area contributed by atoms with E-state index in [4.69, 9.17) is 9.72 Å². The molecule has 2 amide bonds. The number of para-hydroxylation sites is 2. The van der Waals surface area contributed by atoms with E-state index >= 15 is 0 Å². The lowest BCUT2D eigenvalue weighted by Crippen LogP contribution is -2.45. The molecular formula is C29H28N4O4. The SMILES string of the molecule is CCOC(=O)c1cccc(NC(=O)C[C@H]2C(=O)N(Cc3ccccc3)[C@H](C)c3nc4ccccc4n32)c1. The highest BCUT2D eigenvalue weighted by molar-refractivity contribution is 5.97. The van der Waals surface area contributed by atoms with Gasteiger partial charge in [0.1, 0.15) is 11.9 Å². The molecule has 1 aliphatic rings. The number of aromatic nitrogens is 2. The van der Waals surface area contributed by atoms with Crippen LogP contribution in [0, 0.1) is 0 Å². The van der Waals surface area contributed by atoms with E-state index in [-0.39, 0.29) is 30.9 Å². The number of fused-ring (bicyclic) bond motifs is 3. The Morgan fingerprint density at radius 2 is 1.76 bits per heavy atom. The van der Waals surface area contributed by atoms with Crippen LogP contribution in [0.5, 0.6) is 0 Å². The summed E-state index contributed by atoms with van der Waals surface area (Å²) in [5.41, 5.74) is 3.42. The van der Waals surface area contributed by atoms with Crippen LogP contribution < -0.4 is 5.32 Å². The summed E-state index contributed by atoms with van der Waals surface area (Å²) in [6.07, 6.45) is -0.0756. The zero-order valence-corrected chi connectivity index (χ0v) is 20.8. The van der Waals surface area contributed by atoms with Crippen LogP contribution in [0.15, 0.2) is 78.9 Å². The van der Waals surface area contributed by atoms with Crippen molar-refractivity contribution in [2.24, 2.45) is 0 Å². The molecule has 188 valence electrons. The monoisotopic (exact) mass is 496 g/mol. The predicted octanol–water partition coefficient (Wildman–Crippen LogP) is 4.89. The van der Waals surface area contributed by atoms with Crippen molar-refractivity contribution in [3.8, 4) is 0 Å². The second kappa shape index (κ2) is 10.3. The summed E-state index contributed by atoms with van der Waals surface area (Å²) in [7, 11) is 0. The Morgan fingerprint density at radius 1 is 1.00 bits per heavy atom. The standard InChI is InChI=1S/C29H28N4O4/c1-3-37-29(36)21-12-9-13-22(16-21)30-26(34)17-25-28(35)32(18-20-10-5-4-6-11-20)19(2)27-31-23-14-7-8-15-24(23)33(25)27/h4-16,19,25H,3,17-18H2,1-2H3,(H,30,34)/t19-,25+/m1/s1. The topological polar surface area (TPSA) is 93.5 Å². The summed E-state index contributed by atoms with van der Waals surface area (Å²) in [4.78, 5) is 45.8. The maximum absolute atomic E-state index is 13.9. The molecular weight excluding hydrogens is 468 g/mol. The molecule has 1 aliphatic heterocycles. The Balaban J connectivity index is 1.45. The summed E-state index contributed by atoms with van der Waals surface area (Å²) in [6, 6.07) is 23.0. The van der Waals surface area contributed by atoms with Crippen LogP contribution in [0.25, 0.3) is 11.0 Å². The van der Waals surface area contributed by atoms with Crippen LogP contribution in [0.4, 0.5) is 5.69 Å². The van der Waals surface area contributed by atoms with Gasteiger partial charge in [-0.3, -0.25) is 9.59 Å². The number of imidazole rings is 1. The van der Waals surface area contributed by atoms with Gasteiger partial charge in [-0.1, -0.05) is 48.5 Å². The van der Waals surface area contributed by atoms with E-state index in [0.29, 0.717) is 17.8 Å². The number of nitrogens with one attached hydrogen (secondary N) is 1. The van der Waals surface area contributed by atoms with Crippen molar-refractivity contribution in [2.75, 3.05) is 11.9 Å². The van der Waals surface area contributed by atoms with Crippen LogP contribution in [0.3, 0.4) is 0 Å². The lowest BCUT2D eigenvalue weighted by molar-refractivity contribution is -0.142. The molecule has 4 aromatic rings. The Hall–Kier alpha value is -4.46. The fourth-order valence-electron chi connectivity index (χ4n) is 4.82. The number of ether oxygens (including phenoxy) is 1. The van der Waals surface area contributed by atoms with Gasteiger partial charge in [0.05, 0.1) is 35.7 Å². The van der Waals surface area contributed by atoms with Crippen LogP contribution in [-0.4, -0.2) is 38.8 Å². The number of carbonyl (C=O) groups excluding carboxylic acids is 3. The third kappa shape index (κ3) is 4.82. The van der Waals surface area contributed by atoms with E-state index in [1.54, 1.807) is 36.1 Å². The van der Waals surface area contributed by atoms with Gasteiger partial charge in [-0.05, 0) is 49.7 Å². The molecule has 1 aromatic heterocycles. The minimum Gasteiger partial charge on any atom is -0.462 e. The minimum absolute atomic E-state index is 0.0756. The lowest BCUT2D eigenvalue weighted by Gasteiger charge is -2.38. The Kier molecular flexibility index (Phi) is 6.72. The van der Waals surface area contributed by atoms with Gasteiger partial charge in [-0.25, -0.2) is 9.78 Å². The van der Waals surface area contributed by atoms with Crippen molar-refractivity contribution in [1.82, 2.24) is 14.5 Å². The molecule has 0 saturated heterocycles. The van der Waals surface area contributed by atoms with Gasteiger partial charge in [0.25, 0.3) is 0 Å². The van der Waals surface area contributed by atoms with Gasteiger partial charge in [-0.15, -0.1) is 0 Å². The first-order valence-electron chi connectivity index (χ1n) is 12.3. The number of nitrogens with zero attached hydrogens (tertiary/aromatic N) is 3. The van der Waals surface area contributed by atoms with Crippen LogP contribution >= 0.6 is 0 Å². The largest absolute Gasteiger partial charge is 0.462 e. The Labute approximate surface area is 214 Å². The zero-order chi connectivity index (χ0) is 25.9. The van der Waals surface area contributed by atoms with Crippen molar-refractivity contribution in [2.45, 2.75) is 38.9 Å². The highest BCUT2D eigenvalue weighted by atomic mass is 16.5. The molecule has 0 unspecified atom stereocenters. The van der Waals surface area contributed by atoms with Crippen LogP contribution in [0.1, 0.15) is 54.1 Å². The first kappa shape index (κ1) is 24.2. The Morgan fingerprint density at radius 3 is 2.54 bits per heavy atom. The first-order valence-corrected chi connectivity index (χ1v) is 12.3. The lowest BCUT2D eigenvalue weighted by atomic mass is 10.0. The van der Waals surface area contributed by atoms with Gasteiger partial charge in [-0.2, -0.15) is 0 Å². The average Bonchev–Trinajstić information content (AvgIpc) is 3.30. The summed E-state index contributed by atoms with van der Waals surface area (Å²) in [5, 5.41) is 2.84. The average molecular weight is 497 g/mol. The van der Waals surface area contributed by atoms with Crippen molar-refractivity contribution < 1.29 is 19.1 Å². The number of carbonyl (C=O) groups is 3. The number of esters is 1. The number of anilines is 1. The summed E-state index contributed by atoms with van der Waals surface area (Å²) in [5.74, 6) is -0.181. The van der Waals surface area contributed by atoms with E-state index in [2.05, 4.69) is 5.32 Å².